The molecule has 0 unspecified atom stereocenters. The van der Waals surface area contributed by atoms with E-state index >= 15 is 0 Å². The molecule has 0 bridgehead atoms. The SMILES string of the molecule is CCCC1=C(C(=O)OCC)[C@H](c2cc(Br)ccc2OC)n2c(s/c(=C/c3ccc(OCc4ccc([N+](=O)[O-])cc4)cc3)c2=O)=N1. The molecule has 0 saturated carbocycles. The molecule has 0 amide bonds. The lowest BCUT2D eigenvalue weighted by molar-refractivity contribution is -0.384. The fourth-order valence-electron chi connectivity index (χ4n) is 5.03. The number of esters is 1. The smallest absolute Gasteiger partial charge is 0.338 e. The Bertz CT molecular complexity index is 1950. The highest BCUT2D eigenvalue weighted by atomic mass is 79.9. The van der Waals surface area contributed by atoms with Crippen LogP contribution in [0, 0.1) is 10.1 Å². The molecule has 10 nitrogen and oxygen atoms in total. The van der Waals surface area contributed by atoms with Crippen LogP contribution in [0.15, 0.2) is 92.3 Å². The van der Waals surface area contributed by atoms with Gasteiger partial charge in [0.05, 0.1) is 34.4 Å². The molecule has 0 N–H and O–H groups in total. The van der Waals surface area contributed by atoms with Crippen LogP contribution in [0.1, 0.15) is 49.4 Å². The van der Waals surface area contributed by atoms with Crippen molar-refractivity contribution in [1.29, 1.82) is 0 Å². The molecule has 0 fully saturated rings. The number of allylic oxidation sites excluding steroid dienone is 1. The number of halogens is 1. The monoisotopic (exact) mass is 691 g/mol. The summed E-state index contributed by atoms with van der Waals surface area (Å²) in [5.74, 6) is 0.619. The number of non-ortho nitro benzene ring substituents is 1. The van der Waals surface area contributed by atoms with E-state index in [0.29, 0.717) is 44.1 Å². The van der Waals surface area contributed by atoms with Crippen LogP contribution in [0.3, 0.4) is 0 Å². The molecular weight excluding hydrogens is 662 g/mol. The molecule has 0 aliphatic carbocycles. The molecule has 232 valence electrons. The zero-order valence-electron chi connectivity index (χ0n) is 24.8. The van der Waals surface area contributed by atoms with E-state index in [1.165, 1.54) is 23.5 Å². The Morgan fingerprint density at radius 1 is 1.11 bits per heavy atom. The van der Waals surface area contributed by atoms with Crippen LogP contribution >= 0.6 is 27.3 Å². The minimum absolute atomic E-state index is 0.0224. The molecule has 3 aromatic carbocycles. The number of aromatic nitrogens is 1. The van der Waals surface area contributed by atoms with Crippen LogP contribution in [-0.2, 0) is 16.1 Å². The molecule has 12 heteroatoms. The number of nitro benzene ring substituents is 1. The van der Waals surface area contributed by atoms with Gasteiger partial charge in [-0.1, -0.05) is 52.7 Å². The number of carbonyl (C=O) groups is 1. The number of hydrogen-bond donors (Lipinski definition) is 0. The summed E-state index contributed by atoms with van der Waals surface area (Å²) < 4.78 is 19.8. The predicted octanol–water partition coefficient (Wildman–Crippen LogP) is 5.84. The number of fused-ring (bicyclic) bond motifs is 1. The first-order valence-corrected chi connectivity index (χ1v) is 15.9. The first kappa shape index (κ1) is 31.9. The minimum atomic E-state index is -0.799. The second kappa shape index (κ2) is 14.0. The fourth-order valence-corrected chi connectivity index (χ4v) is 6.42. The van der Waals surface area contributed by atoms with E-state index in [2.05, 4.69) is 15.9 Å². The van der Waals surface area contributed by atoms with Gasteiger partial charge in [-0.05, 0) is 73.0 Å². The normalized spacial score (nSPS) is 14.5. The van der Waals surface area contributed by atoms with Crippen molar-refractivity contribution in [2.24, 2.45) is 4.99 Å². The Hall–Kier alpha value is -4.55. The number of rotatable bonds is 11. The Balaban J connectivity index is 1.53. The van der Waals surface area contributed by atoms with Crippen LogP contribution in [0.2, 0.25) is 0 Å². The number of ether oxygens (including phenoxy) is 3. The zero-order valence-corrected chi connectivity index (χ0v) is 27.2. The molecule has 0 radical (unpaired) electrons. The summed E-state index contributed by atoms with van der Waals surface area (Å²) in [6.45, 7) is 4.18. The van der Waals surface area contributed by atoms with Gasteiger partial charge in [-0.2, -0.15) is 0 Å². The van der Waals surface area contributed by atoms with E-state index in [1.54, 1.807) is 55.0 Å². The number of methoxy groups -OCH3 is 1. The fraction of sp³-hybridized carbons (Fsp3) is 0.242. The third kappa shape index (κ3) is 6.91. The Morgan fingerprint density at radius 2 is 1.84 bits per heavy atom. The van der Waals surface area contributed by atoms with Crippen LogP contribution in [0.5, 0.6) is 11.5 Å². The van der Waals surface area contributed by atoms with E-state index in [4.69, 9.17) is 19.2 Å². The van der Waals surface area contributed by atoms with Crippen LogP contribution in [0.4, 0.5) is 5.69 Å². The average Bonchev–Trinajstić information content (AvgIpc) is 3.34. The summed E-state index contributed by atoms with van der Waals surface area (Å²) in [5.41, 5.74) is 2.86. The second-order valence-electron chi connectivity index (χ2n) is 10.1. The maximum absolute atomic E-state index is 14.1. The van der Waals surface area contributed by atoms with E-state index in [1.807, 2.05) is 31.2 Å². The van der Waals surface area contributed by atoms with Gasteiger partial charge in [0.2, 0.25) is 0 Å². The van der Waals surface area contributed by atoms with Crippen LogP contribution in [0.25, 0.3) is 6.08 Å². The van der Waals surface area contributed by atoms with Gasteiger partial charge in [0, 0.05) is 22.2 Å². The van der Waals surface area contributed by atoms with Gasteiger partial charge in [-0.25, -0.2) is 9.79 Å². The molecule has 2 heterocycles. The zero-order chi connectivity index (χ0) is 32.1. The standard InChI is InChI=1S/C33H30BrN3O7S/c1-4-6-26-29(32(39)43-5-2)30(25-18-22(34)11-16-27(25)42-3)36-31(38)28(45-33(36)35-26)17-20-9-14-24(15-10-20)44-19-21-7-12-23(13-8-21)37(40)41/h7-18,30H,4-6,19H2,1-3H3/b28-17+/t30-/m0/s1. The lowest BCUT2D eigenvalue weighted by atomic mass is 9.93. The van der Waals surface area contributed by atoms with E-state index in [-0.39, 0.29) is 24.5 Å². The number of thiazole rings is 1. The predicted molar refractivity (Wildman–Crippen MR) is 174 cm³/mol. The largest absolute Gasteiger partial charge is 0.496 e. The summed E-state index contributed by atoms with van der Waals surface area (Å²) in [7, 11) is 1.55. The van der Waals surface area contributed by atoms with Crippen molar-refractivity contribution in [3.63, 3.8) is 0 Å². The molecule has 1 aliphatic rings. The number of carbonyl (C=O) groups excluding carboxylic acids is 1. The number of nitrogens with zero attached hydrogens (tertiary/aromatic N) is 3. The van der Waals surface area contributed by atoms with Crippen molar-refractivity contribution < 1.29 is 23.9 Å². The van der Waals surface area contributed by atoms with Crippen LogP contribution < -0.4 is 24.4 Å². The molecule has 1 atom stereocenters. The van der Waals surface area contributed by atoms with Crippen molar-refractivity contribution in [3.05, 3.63) is 129 Å². The van der Waals surface area contributed by atoms with E-state index < -0.39 is 16.9 Å². The minimum Gasteiger partial charge on any atom is -0.496 e. The Labute approximate surface area is 271 Å². The highest BCUT2D eigenvalue weighted by Crippen LogP contribution is 2.38. The topological polar surface area (TPSA) is 122 Å². The lowest BCUT2D eigenvalue weighted by Gasteiger charge is -2.27. The molecule has 1 aliphatic heterocycles. The first-order chi connectivity index (χ1) is 21.7. The summed E-state index contributed by atoms with van der Waals surface area (Å²) in [5, 5.41) is 10.9. The molecule has 45 heavy (non-hydrogen) atoms. The van der Waals surface area contributed by atoms with E-state index in [9.17, 15) is 19.7 Å². The summed E-state index contributed by atoms with van der Waals surface area (Å²) in [6.07, 6.45) is 3.07. The molecule has 0 saturated heterocycles. The van der Waals surface area contributed by atoms with Gasteiger partial charge in [0.25, 0.3) is 11.2 Å². The van der Waals surface area contributed by atoms with Gasteiger partial charge in [0.15, 0.2) is 4.80 Å². The van der Waals surface area contributed by atoms with Crippen molar-refractivity contribution in [2.75, 3.05) is 13.7 Å². The molecule has 0 spiro atoms. The molecule has 1 aromatic heterocycles. The van der Waals surface area contributed by atoms with Crippen LogP contribution in [-0.4, -0.2) is 29.2 Å². The third-order valence-corrected chi connectivity index (χ3v) is 8.59. The Morgan fingerprint density at radius 3 is 2.49 bits per heavy atom. The van der Waals surface area contributed by atoms with Gasteiger partial charge in [-0.15, -0.1) is 0 Å². The molecular formula is C33H30BrN3O7S. The van der Waals surface area contributed by atoms with Crippen molar-refractivity contribution in [2.45, 2.75) is 39.3 Å². The molecule has 4 aromatic rings. The van der Waals surface area contributed by atoms with Crippen molar-refractivity contribution in [3.8, 4) is 11.5 Å². The first-order valence-electron chi connectivity index (χ1n) is 14.3. The van der Waals surface area contributed by atoms with E-state index in [0.717, 1.165) is 22.0 Å². The number of benzene rings is 3. The summed E-state index contributed by atoms with van der Waals surface area (Å²) in [4.78, 5) is 43.2. The highest BCUT2D eigenvalue weighted by Gasteiger charge is 2.36. The highest BCUT2D eigenvalue weighted by molar-refractivity contribution is 9.10. The third-order valence-electron chi connectivity index (χ3n) is 7.11. The summed E-state index contributed by atoms with van der Waals surface area (Å²) in [6, 6.07) is 18.1. The van der Waals surface area contributed by atoms with Crippen molar-refractivity contribution in [1.82, 2.24) is 4.57 Å². The quantitative estimate of drug-likeness (QED) is 0.110. The van der Waals surface area contributed by atoms with Gasteiger partial charge in [0.1, 0.15) is 24.1 Å². The van der Waals surface area contributed by atoms with Gasteiger partial charge >= 0.3 is 5.97 Å². The molecule has 5 rings (SSSR count). The number of hydrogen-bond acceptors (Lipinski definition) is 9. The Kier molecular flexibility index (Phi) is 9.94. The number of nitro groups is 1. The average molecular weight is 693 g/mol. The van der Waals surface area contributed by atoms with Gasteiger partial charge in [-0.3, -0.25) is 19.5 Å². The van der Waals surface area contributed by atoms with Gasteiger partial charge < -0.3 is 14.2 Å². The van der Waals surface area contributed by atoms with Crippen molar-refractivity contribution >= 4 is 45.0 Å². The lowest BCUT2D eigenvalue weighted by Crippen LogP contribution is -2.40. The summed E-state index contributed by atoms with van der Waals surface area (Å²) >= 11 is 4.79. The maximum Gasteiger partial charge on any atom is 0.338 e. The maximum atomic E-state index is 14.1. The second-order valence-corrected chi connectivity index (χ2v) is 12.0.